The maximum absolute atomic E-state index is 2.89. The van der Waals surface area contributed by atoms with Gasteiger partial charge in [-0.15, -0.1) is 12.4 Å². The molecule has 0 saturated heterocycles. The molecule has 0 aliphatic rings. The summed E-state index contributed by atoms with van der Waals surface area (Å²) in [6, 6.07) is 4.77. The Labute approximate surface area is 68.6 Å². The number of nitrogens with zero attached hydrogens (tertiary/aromatic N) is 1. The van der Waals surface area contributed by atoms with Gasteiger partial charge in [0.2, 0.25) is 0 Å². The number of hydrogen-bond acceptors (Lipinski definition) is 0. The van der Waals surface area contributed by atoms with Gasteiger partial charge >= 0.3 is 0 Å². The third-order valence-electron chi connectivity index (χ3n) is 0.684. The molecule has 0 saturated carbocycles. The van der Waals surface area contributed by atoms with Crippen molar-refractivity contribution in [1.29, 1.82) is 0 Å². The van der Waals surface area contributed by atoms with Crippen LogP contribution in [0.1, 0.15) is 0 Å². The van der Waals surface area contributed by atoms with E-state index in [4.69, 9.17) is 0 Å². The quantitative estimate of drug-likeness (QED) is 0.506. The van der Waals surface area contributed by atoms with Crippen molar-refractivity contribution in [1.82, 2.24) is 4.57 Å². The van der Waals surface area contributed by atoms with Crippen molar-refractivity contribution in [2.24, 2.45) is 7.05 Å². The zero-order chi connectivity index (χ0) is 4.41. The summed E-state index contributed by atoms with van der Waals surface area (Å²) in [7, 11) is 1.97. The molecule has 0 fully saturated rings. The minimum absolute atomic E-state index is 0. The first-order valence-electron chi connectivity index (χ1n) is 1.87. The summed E-state index contributed by atoms with van der Waals surface area (Å²) in [5, 5.41) is 0. The molecular weight excluding hydrogens is 163 g/mol. The van der Waals surface area contributed by atoms with Gasteiger partial charge in [-0.2, -0.15) is 0 Å². The van der Waals surface area contributed by atoms with Crippen LogP contribution in [0.3, 0.4) is 0 Å². The van der Waals surface area contributed by atoms with Gasteiger partial charge in [-0.1, -0.05) is 0 Å². The Morgan fingerprint density at radius 2 is 2.29 bits per heavy atom. The normalized spacial score (nSPS) is 7.57. The van der Waals surface area contributed by atoms with E-state index < -0.39 is 0 Å². The predicted octanol–water partition coefficient (Wildman–Crippen LogP) is 0.823. The molecule has 0 aliphatic heterocycles. The van der Waals surface area contributed by atoms with Crippen LogP contribution >= 0.6 is 0 Å². The van der Waals surface area contributed by atoms with Crippen molar-refractivity contribution >= 4 is 0 Å². The topological polar surface area (TPSA) is 4.93 Å². The van der Waals surface area contributed by atoms with E-state index in [0.29, 0.717) is 0 Å². The van der Waals surface area contributed by atoms with Crippen LogP contribution in [0.25, 0.3) is 0 Å². The summed E-state index contributed by atoms with van der Waals surface area (Å²) in [6.07, 6.45) is 3.82. The van der Waals surface area contributed by atoms with Crippen LogP contribution < -0.4 is 0 Å². The van der Waals surface area contributed by atoms with Crippen molar-refractivity contribution in [3.05, 3.63) is 24.5 Å². The van der Waals surface area contributed by atoms with Gasteiger partial charge < -0.3 is 4.57 Å². The standard InChI is InChI=1S/C5H6N.Y/c1-6-4-2-3-5-6;/h2,4-5H,1H3;/q-1;. The van der Waals surface area contributed by atoms with Gasteiger partial charge in [0.1, 0.15) is 0 Å². The maximum Gasteiger partial charge on any atom is 0 e. The summed E-state index contributed by atoms with van der Waals surface area (Å²) in [5.74, 6) is 0. The van der Waals surface area contributed by atoms with Gasteiger partial charge in [0.15, 0.2) is 0 Å². The second-order valence-corrected chi connectivity index (χ2v) is 1.28. The molecule has 1 aromatic rings. The SMILES string of the molecule is Cn1c[c-]cc1.[Y]. The van der Waals surface area contributed by atoms with Gasteiger partial charge in [0.05, 0.1) is 0 Å². The minimum atomic E-state index is 0. The third-order valence-corrected chi connectivity index (χ3v) is 0.684. The van der Waals surface area contributed by atoms with Crippen molar-refractivity contribution in [3.63, 3.8) is 0 Å². The molecule has 35 valence electrons. The Morgan fingerprint density at radius 3 is 2.43 bits per heavy atom. The molecular formula is C5H6NY-. The monoisotopic (exact) mass is 169 g/mol. The Balaban J connectivity index is 0.000000360. The number of hydrogen-bond donors (Lipinski definition) is 0. The largest absolute Gasteiger partial charge is 0.451 e. The Bertz CT molecular complexity index is 112. The van der Waals surface area contributed by atoms with Crippen LogP contribution in [0.4, 0.5) is 0 Å². The van der Waals surface area contributed by atoms with E-state index in [9.17, 15) is 0 Å². The second kappa shape index (κ2) is 3.39. The van der Waals surface area contributed by atoms with Crippen LogP contribution in [-0.2, 0) is 39.8 Å². The fourth-order valence-corrected chi connectivity index (χ4v) is 0.364. The van der Waals surface area contributed by atoms with Gasteiger partial charge in [-0.05, 0) is 7.05 Å². The van der Waals surface area contributed by atoms with E-state index in [1.165, 1.54) is 0 Å². The first-order chi connectivity index (χ1) is 2.89. The van der Waals surface area contributed by atoms with E-state index in [0.717, 1.165) is 0 Å². The molecule has 0 N–H and O–H groups in total. The Morgan fingerprint density at radius 1 is 1.57 bits per heavy atom. The minimum Gasteiger partial charge on any atom is -0.451 e. The molecule has 0 amide bonds. The van der Waals surface area contributed by atoms with Crippen molar-refractivity contribution in [2.75, 3.05) is 0 Å². The molecule has 1 heterocycles. The molecule has 0 spiro atoms. The summed E-state index contributed by atoms with van der Waals surface area (Å²) >= 11 is 0. The molecule has 0 aliphatic carbocycles. The fourth-order valence-electron chi connectivity index (χ4n) is 0.364. The van der Waals surface area contributed by atoms with Crippen LogP contribution in [0.5, 0.6) is 0 Å². The predicted molar refractivity (Wildman–Crippen MR) is 24.2 cm³/mol. The number of aryl methyl sites for hydroxylation is 1. The summed E-state index contributed by atoms with van der Waals surface area (Å²) in [6.45, 7) is 0. The Kier molecular flexibility index (Phi) is 3.58. The van der Waals surface area contributed by atoms with E-state index >= 15 is 0 Å². The van der Waals surface area contributed by atoms with Crippen LogP contribution in [0.15, 0.2) is 18.5 Å². The molecule has 0 unspecified atom stereocenters. The van der Waals surface area contributed by atoms with E-state index in [1.807, 2.05) is 30.1 Å². The first kappa shape index (κ1) is 7.38. The van der Waals surface area contributed by atoms with Crippen LogP contribution in [-0.4, -0.2) is 4.57 Å². The van der Waals surface area contributed by atoms with Crippen molar-refractivity contribution < 1.29 is 32.7 Å². The molecule has 1 rings (SSSR count). The van der Waals surface area contributed by atoms with Gasteiger partial charge in [-0.3, -0.25) is 0 Å². The third kappa shape index (κ3) is 2.25. The first-order valence-corrected chi connectivity index (χ1v) is 1.87. The average molecular weight is 169 g/mol. The molecule has 1 nitrogen and oxygen atoms in total. The van der Waals surface area contributed by atoms with Crippen molar-refractivity contribution in [3.8, 4) is 0 Å². The van der Waals surface area contributed by atoms with Gasteiger partial charge in [0.25, 0.3) is 0 Å². The van der Waals surface area contributed by atoms with Crippen LogP contribution in [0.2, 0.25) is 0 Å². The van der Waals surface area contributed by atoms with Gasteiger partial charge in [0, 0.05) is 32.7 Å². The zero-order valence-corrected chi connectivity index (χ0v) is 7.09. The zero-order valence-electron chi connectivity index (χ0n) is 4.26. The average Bonchev–Trinajstić information content (AvgIpc) is 1.86. The fraction of sp³-hybridized carbons (Fsp3) is 0.200. The van der Waals surface area contributed by atoms with E-state index in [2.05, 4.69) is 6.07 Å². The van der Waals surface area contributed by atoms with Gasteiger partial charge in [-0.25, -0.2) is 12.1 Å². The molecule has 0 aromatic carbocycles. The molecule has 0 atom stereocenters. The number of aromatic nitrogens is 1. The summed E-state index contributed by atoms with van der Waals surface area (Å²) in [4.78, 5) is 0. The number of rotatable bonds is 0. The molecule has 1 radical (unpaired) electrons. The molecule has 7 heavy (non-hydrogen) atoms. The van der Waals surface area contributed by atoms with Crippen molar-refractivity contribution in [2.45, 2.75) is 0 Å². The molecule has 1 aromatic heterocycles. The maximum atomic E-state index is 2.89. The summed E-state index contributed by atoms with van der Waals surface area (Å²) < 4.78 is 1.94. The smallest absolute Gasteiger partial charge is 0 e. The van der Waals surface area contributed by atoms with E-state index in [1.54, 1.807) is 0 Å². The van der Waals surface area contributed by atoms with E-state index in [-0.39, 0.29) is 32.7 Å². The second-order valence-electron chi connectivity index (χ2n) is 1.28. The van der Waals surface area contributed by atoms with Crippen LogP contribution in [0, 0.1) is 6.07 Å². The molecule has 0 bridgehead atoms. The molecule has 2 heteroatoms. The summed E-state index contributed by atoms with van der Waals surface area (Å²) in [5.41, 5.74) is 0. The Hall–Kier alpha value is 0.384.